The number of fused-ring (bicyclic) bond motifs is 7. The van der Waals surface area contributed by atoms with Crippen LogP contribution < -0.4 is 4.90 Å². The average Bonchev–Trinajstić information content (AvgIpc) is 4.01. The lowest BCUT2D eigenvalue weighted by molar-refractivity contribution is 0.445. The van der Waals surface area contributed by atoms with Crippen LogP contribution in [-0.2, 0) is 5.41 Å². The molecule has 0 saturated heterocycles. The zero-order chi connectivity index (χ0) is 48.3. The van der Waals surface area contributed by atoms with Crippen molar-refractivity contribution in [1.82, 2.24) is 0 Å². The fourth-order valence-corrected chi connectivity index (χ4v) is 12.9. The smallest absolute Gasteiger partial charge is 0.136 e. The Morgan fingerprint density at radius 2 is 0.986 bits per heavy atom. The summed E-state index contributed by atoms with van der Waals surface area (Å²) < 4.78 is 6.42. The van der Waals surface area contributed by atoms with Crippen LogP contribution in [0.15, 0.2) is 259 Å². The molecule has 2 aliphatic carbocycles. The van der Waals surface area contributed by atoms with Gasteiger partial charge in [0.1, 0.15) is 11.2 Å². The van der Waals surface area contributed by atoms with Gasteiger partial charge in [-0.25, -0.2) is 0 Å². The Kier molecular flexibility index (Phi) is 10.5. The number of hydrogen-bond acceptors (Lipinski definition) is 2. The second kappa shape index (κ2) is 17.8. The highest BCUT2D eigenvalue weighted by Gasteiger charge is 2.46. The second-order valence-corrected chi connectivity index (χ2v) is 20.1. The minimum absolute atomic E-state index is 0.471. The summed E-state index contributed by atoms with van der Waals surface area (Å²) in [4.78, 5) is 2.48. The van der Waals surface area contributed by atoms with E-state index in [-0.39, 0.29) is 0 Å². The number of benzene rings is 11. The van der Waals surface area contributed by atoms with Gasteiger partial charge >= 0.3 is 0 Å². The van der Waals surface area contributed by atoms with Crippen molar-refractivity contribution in [3.05, 3.63) is 283 Å². The van der Waals surface area contributed by atoms with E-state index in [0.29, 0.717) is 5.92 Å². The standard InChI is InChI=1S/C71H53NO/c1-4-20-49(21-5-1)57-33-17-22-50-23-18-35-62(69(50)57)61-31-11-14-37-66(61)72(56-29-16-24-52(46-56)58-34-19-39-68-70(58)63-32-12-15-38-67(63)73-68)55-43-40-48(41-44-55)51-42-45-60-59-30-10-13-36-64(59)71(65(60)47-51,53-25-6-2-7-26-53)54-27-8-3-9-28-54/h2-3,6-19,22-47,49H,1,4-5,20-21H2. The monoisotopic (exact) mass is 935 g/mol. The maximum absolute atomic E-state index is 6.42. The van der Waals surface area contributed by atoms with Gasteiger partial charge in [0.25, 0.3) is 0 Å². The maximum atomic E-state index is 6.42. The minimum atomic E-state index is -0.471. The van der Waals surface area contributed by atoms with Gasteiger partial charge in [-0.3, -0.25) is 0 Å². The first-order valence-electron chi connectivity index (χ1n) is 26.1. The molecule has 1 saturated carbocycles. The van der Waals surface area contributed by atoms with Gasteiger partial charge in [0.15, 0.2) is 0 Å². The summed E-state index contributed by atoms with van der Waals surface area (Å²) in [6.07, 6.45) is 6.41. The zero-order valence-electron chi connectivity index (χ0n) is 40.7. The summed E-state index contributed by atoms with van der Waals surface area (Å²) in [6, 6.07) is 94.4. The molecule has 0 atom stereocenters. The molecular formula is C71H53NO. The molecule has 0 amide bonds. The van der Waals surface area contributed by atoms with Crippen LogP contribution in [0.2, 0.25) is 0 Å². The zero-order valence-corrected chi connectivity index (χ0v) is 40.7. The van der Waals surface area contributed by atoms with E-state index in [9.17, 15) is 0 Å². The minimum Gasteiger partial charge on any atom is -0.456 e. The van der Waals surface area contributed by atoms with Crippen molar-refractivity contribution in [2.45, 2.75) is 43.4 Å². The number of furan rings is 1. The Bertz CT molecular complexity index is 3960. The molecule has 2 heteroatoms. The van der Waals surface area contributed by atoms with Gasteiger partial charge in [-0.2, -0.15) is 0 Å². The van der Waals surface area contributed by atoms with E-state index in [1.165, 1.54) is 104 Å². The van der Waals surface area contributed by atoms with Gasteiger partial charge in [0.05, 0.1) is 11.1 Å². The number of hydrogen-bond donors (Lipinski definition) is 0. The van der Waals surface area contributed by atoms with E-state index in [2.05, 4.69) is 254 Å². The van der Waals surface area contributed by atoms with Gasteiger partial charge in [0.2, 0.25) is 0 Å². The van der Waals surface area contributed by atoms with Gasteiger partial charge in [0, 0.05) is 27.7 Å². The van der Waals surface area contributed by atoms with Crippen LogP contribution in [0.1, 0.15) is 65.8 Å². The summed E-state index contributed by atoms with van der Waals surface area (Å²) in [7, 11) is 0. The first-order chi connectivity index (χ1) is 36.2. The molecule has 11 aromatic carbocycles. The quantitative estimate of drug-likeness (QED) is 0.143. The lowest BCUT2D eigenvalue weighted by Crippen LogP contribution is -2.28. The van der Waals surface area contributed by atoms with Gasteiger partial charge < -0.3 is 9.32 Å². The van der Waals surface area contributed by atoms with E-state index in [1.807, 2.05) is 6.07 Å². The fraction of sp³-hybridized carbons (Fsp3) is 0.0986. The first-order valence-corrected chi connectivity index (χ1v) is 26.1. The van der Waals surface area contributed by atoms with Crippen molar-refractivity contribution in [3.8, 4) is 44.5 Å². The highest BCUT2D eigenvalue weighted by Crippen LogP contribution is 2.57. The van der Waals surface area contributed by atoms with Crippen LogP contribution in [0.4, 0.5) is 17.1 Å². The molecule has 73 heavy (non-hydrogen) atoms. The third-order valence-electron chi connectivity index (χ3n) is 16.2. The lowest BCUT2D eigenvalue weighted by Gasteiger charge is -2.34. The van der Waals surface area contributed by atoms with Crippen LogP contribution in [0.5, 0.6) is 0 Å². The molecule has 1 fully saturated rings. The molecule has 348 valence electrons. The van der Waals surface area contributed by atoms with E-state index in [4.69, 9.17) is 4.42 Å². The van der Waals surface area contributed by atoms with Crippen LogP contribution in [0.3, 0.4) is 0 Å². The number of rotatable bonds is 9. The van der Waals surface area contributed by atoms with Crippen molar-refractivity contribution < 1.29 is 4.42 Å². The topological polar surface area (TPSA) is 16.4 Å². The molecule has 2 nitrogen and oxygen atoms in total. The molecule has 12 aromatic rings. The highest BCUT2D eigenvalue weighted by molar-refractivity contribution is 6.12. The van der Waals surface area contributed by atoms with Crippen LogP contribution in [-0.4, -0.2) is 0 Å². The van der Waals surface area contributed by atoms with Crippen molar-refractivity contribution in [2.24, 2.45) is 0 Å². The Morgan fingerprint density at radius 1 is 0.370 bits per heavy atom. The SMILES string of the molecule is c1ccc(C2(c3ccccc3)c3ccccc3-c3ccc(-c4ccc(N(c5cccc(-c6cccc7oc8ccccc8c67)c5)c5ccccc5-c5cccc6cccc(C7CCCCC7)c56)cc4)cc32)cc1. The van der Waals surface area contributed by atoms with E-state index in [0.717, 1.165) is 50.1 Å². The average molecular weight is 936 g/mol. The highest BCUT2D eigenvalue weighted by atomic mass is 16.3. The van der Waals surface area contributed by atoms with Crippen molar-refractivity contribution in [3.63, 3.8) is 0 Å². The van der Waals surface area contributed by atoms with E-state index in [1.54, 1.807) is 0 Å². The normalized spacial score (nSPS) is 14.1. The second-order valence-electron chi connectivity index (χ2n) is 20.1. The lowest BCUT2D eigenvalue weighted by atomic mass is 9.67. The third-order valence-corrected chi connectivity index (χ3v) is 16.2. The maximum Gasteiger partial charge on any atom is 0.136 e. The number of anilines is 3. The molecular weight excluding hydrogens is 883 g/mol. The summed E-state index contributed by atoms with van der Waals surface area (Å²) >= 11 is 0. The molecule has 0 spiro atoms. The summed E-state index contributed by atoms with van der Waals surface area (Å²) in [5.74, 6) is 0.562. The van der Waals surface area contributed by atoms with Crippen LogP contribution in [0.25, 0.3) is 77.2 Å². The van der Waals surface area contributed by atoms with Gasteiger partial charge in [-0.1, -0.05) is 226 Å². The number of para-hydroxylation sites is 2. The molecule has 1 aromatic heterocycles. The summed E-state index contributed by atoms with van der Waals surface area (Å²) in [5.41, 5.74) is 21.0. The Balaban J connectivity index is 0.943. The first kappa shape index (κ1) is 43.1. The molecule has 2 aliphatic rings. The van der Waals surface area contributed by atoms with Crippen molar-refractivity contribution in [1.29, 1.82) is 0 Å². The third kappa shape index (κ3) is 7.07. The van der Waals surface area contributed by atoms with Gasteiger partial charge in [-0.05, 0) is 145 Å². The predicted octanol–water partition coefficient (Wildman–Crippen LogP) is 19.6. The summed E-state index contributed by atoms with van der Waals surface area (Å²) in [5, 5.41) is 4.95. The van der Waals surface area contributed by atoms with Crippen LogP contribution >= 0.6 is 0 Å². The Hall–Kier alpha value is -8.72. The van der Waals surface area contributed by atoms with Crippen molar-refractivity contribution in [2.75, 3.05) is 4.90 Å². The molecule has 0 N–H and O–H groups in total. The number of nitrogens with zero attached hydrogens (tertiary/aromatic N) is 1. The summed E-state index contributed by atoms with van der Waals surface area (Å²) in [6.45, 7) is 0. The Labute approximate surface area is 427 Å². The molecule has 0 radical (unpaired) electrons. The van der Waals surface area contributed by atoms with E-state index < -0.39 is 5.41 Å². The molecule has 14 rings (SSSR count). The fourth-order valence-electron chi connectivity index (χ4n) is 12.9. The molecule has 0 bridgehead atoms. The molecule has 0 aliphatic heterocycles. The van der Waals surface area contributed by atoms with Gasteiger partial charge in [-0.15, -0.1) is 0 Å². The van der Waals surface area contributed by atoms with Crippen LogP contribution in [0, 0.1) is 0 Å². The Morgan fingerprint density at radius 3 is 1.79 bits per heavy atom. The molecule has 0 unspecified atom stereocenters. The van der Waals surface area contributed by atoms with E-state index >= 15 is 0 Å². The van der Waals surface area contributed by atoms with Crippen molar-refractivity contribution >= 4 is 49.8 Å². The predicted molar refractivity (Wildman–Crippen MR) is 305 cm³/mol. The molecule has 1 heterocycles. The largest absolute Gasteiger partial charge is 0.456 e.